The van der Waals surface area contributed by atoms with Gasteiger partial charge in [-0.3, -0.25) is 4.79 Å². The molecule has 0 heterocycles. The van der Waals surface area contributed by atoms with Crippen LogP contribution in [0, 0.1) is 17.7 Å². The van der Waals surface area contributed by atoms with Crippen LogP contribution in [-0.2, 0) is 0 Å². The molecule has 1 aliphatic carbocycles. The van der Waals surface area contributed by atoms with Crippen molar-refractivity contribution in [3.05, 3.63) is 35.1 Å². The molecule has 106 valence electrons. The van der Waals surface area contributed by atoms with Gasteiger partial charge in [0.1, 0.15) is 5.82 Å². The van der Waals surface area contributed by atoms with E-state index in [2.05, 4.69) is 24.1 Å². The van der Waals surface area contributed by atoms with Crippen LogP contribution in [0.25, 0.3) is 0 Å². The lowest BCUT2D eigenvalue weighted by Crippen LogP contribution is -2.52. The highest BCUT2D eigenvalue weighted by atomic mass is 19.1. The standard InChI is InChI=1S/C16H19FN2O/c1-2-16(8-4-9-16)19-15(20)13-7-6-12(5-3-10-18)14(17)11-13/h6-7,11H,2,4,8-10,18H2,1H3,(H,19,20). The van der Waals surface area contributed by atoms with E-state index in [0.717, 1.165) is 25.7 Å². The maximum absolute atomic E-state index is 13.8. The molecule has 3 N–H and O–H groups in total. The highest BCUT2D eigenvalue weighted by molar-refractivity contribution is 5.94. The minimum atomic E-state index is -0.488. The summed E-state index contributed by atoms with van der Waals surface area (Å²) in [6, 6.07) is 4.35. The van der Waals surface area contributed by atoms with Crippen LogP contribution in [0.2, 0.25) is 0 Å². The lowest BCUT2D eigenvalue weighted by Gasteiger charge is -2.42. The number of nitrogens with one attached hydrogen (secondary N) is 1. The summed E-state index contributed by atoms with van der Waals surface area (Å²) in [6.45, 7) is 2.24. The first-order valence-corrected chi connectivity index (χ1v) is 6.91. The fourth-order valence-electron chi connectivity index (χ4n) is 2.39. The Bertz CT molecular complexity index is 562. The zero-order valence-electron chi connectivity index (χ0n) is 11.6. The monoisotopic (exact) mass is 274 g/mol. The van der Waals surface area contributed by atoms with Crippen LogP contribution in [0.5, 0.6) is 0 Å². The third-order valence-corrected chi connectivity index (χ3v) is 3.92. The van der Waals surface area contributed by atoms with Crippen LogP contribution in [0.15, 0.2) is 18.2 Å². The molecule has 0 radical (unpaired) electrons. The number of hydrogen-bond donors (Lipinski definition) is 2. The summed E-state index contributed by atoms with van der Waals surface area (Å²) < 4.78 is 13.8. The molecule has 0 atom stereocenters. The van der Waals surface area contributed by atoms with Crippen LogP contribution in [0.3, 0.4) is 0 Å². The molecular formula is C16H19FN2O. The Morgan fingerprint density at radius 3 is 2.75 bits per heavy atom. The zero-order chi connectivity index (χ0) is 14.6. The molecule has 1 aliphatic rings. The lowest BCUT2D eigenvalue weighted by molar-refractivity contribution is 0.0820. The summed E-state index contributed by atoms with van der Waals surface area (Å²) in [6.07, 6.45) is 4.03. The number of carbonyl (C=O) groups is 1. The van der Waals surface area contributed by atoms with Gasteiger partial charge in [0.15, 0.2) is 0 Å². The van der Waals surface area contributed by atoms with Gasteiger partial charge < -0.3 is 11.1 Å². The molecule has 1 saturated carbocycles. The van der Waals surface area contributed by atoms with Gasteiger partial charge in [-0.1, -0.05) is 18.8 Å². The molecule has 0 unspecified atom stereocenters. The fourth-order valence-corrected chi connectivity index (χ4v) is 2.39. The summed E-state index contributed by atoms with van der Waals surface area (Å²) in [4.78, 5) is 12.2. The van der Waals surface area contributed by atoms with Crippen LogP contribution in [-0.4, -0.2) is 18.0 Å². The normalized spacial score (nSPS) is 15.8. The quantitative estimate of drug-likeness (QED) is 0.830. The van der Waals surface area contributed by atoms with Gasteiger partial charge in [-0.05, 0) is 43.9 Å². The van der Waals surface area contributed by atoms with Crippen molar-refractivity contribution in [1.82, 2.24) is 5.32 Å². The molecular weight excluding hydrogens is 255 g/mol. The van der Waals surface area contributed by atoms with E-state index in [0.29, 0.717) is 5.56 Å². The van der Waals surface area contributed by atoms with Crippen molar-refractivity contribution in [1.29, 1.82) is 0 Å². The Morgan fingerprint density at radius 2 is 2.25 bits per heavy atom. The van der Waals surface area contributed by atoms with E-state index in [1.54, 1.807) is 6.07 Å². The third-order valence-electron chi connectivity index (χ3n) is 3.92. The van der Waals surface area contributed by atoms with E-state index >= 15 is 0 Å². The van der Waals surface area contributed by atoms with Crippen LogP contribution < -0.4 is 11.1 Å². The molecule has 0 bridgehead atoms. The van der Waals surface area contributed by atoms with Gasteiger partial charge in [0.25, 0.3) is 5.91 Å². The summed E-state index contributed by atoms with van der Waals surface area (Å²) in [7, 11) is 0. The number of amides is 1. The SMILES string of the molecule is CCC1(NC(=O)c2ccc(C#CCN)c(F)c2)CCC1. The molecule has 2 rings (SSSR count). The van der Waals surface area contributed by atoms with Gasteiger partial charge in [-0.2, -0.15) is 0 Å². The summed E-state index contributed by atoms with van der Waals surface area (Å²) >= 11 is 0. The van der Waals surface area contributed by atoms with Crippen LogP contribution in [0.1, 0.15) is 48.5 Å². The van der Waals surface area contributed by atoms with Crippen LogP contribution >= 0.6 is 0 Å². The predicted molar refractivity (Wildman–Crippen MR) is 76.7 cm³/mol. The van der Waals surface area contributed by atoms with Gasteiger partial charge in [0, 0.05) is 11.1 Å². The molecule has 1 aromatic carbocycles. The Kier molecular flexibility index (Phi) is 4.41. The maximum atomic E-state index is 13.8. The topological polar surface area (TPSA) is 55.1 Å². The van der Waals surface area contributed by atoms with Crippen molar-refractivity contribution < 1.29 is 9.18 Å². The second-order valence-electron chi connectivity index (χ2n) is 5.14. The van der Waals surface area contributed by atoms with Crippen molar-refractivity contribution >= 4 is 5.91 Å². The second-order valence-corrected chi connectivity index (χ2v) is 5.14. The highest BCUT2D eigenvalue weighted by Crippen LogP contribution is 2.34. The Balaban J connectivity index is 2.13. The molecule has 4 heteroatoms. The van der Waals surface area contributed by atoms with Gasteiger partial charge in [0.05, 0.1) is 12.1 Å². The van der Waals surface area contributed by atoms with Crippen molar-refractivity contribution in [2.24, 2.45) is 5.73 Å². The van der Waals surface area contributed by atoms with Crippen LogP contribution in [0.4, 0.5) is 4.39 Å². The summed E-state index contributed by atoms with van der Waals surface area (Å²) in [5.41, 5.74) is 5.76. The smallest absolute Gasteiger partial charge is 0.251 e. The summed E-state index contributed by atoms with van der Waals surface area (Å²) in [5.74, 6) is 4.53. The fraction of sp³-hybridized carbons (Fsp3) is 0.438. The van der Waals surface area contributed by atoms with Crippen molar-refractivity contribution in [3.63, 3.8) is 0 Å². The number of carbonyl (C=O) groups excluding carboxylic acids is 1. The maximum Gasteiger partial charge on any atom is 0.251 e. The van der Waals surface area contributed by atoms with Gasteiger partial charge >= 0.3 is 0 Å². The minimum Gasteiger partial charge on any atom is -0.347 e. The first kappa shape index (κ1) is 14.5. The number of halogens is 1. The average Bonchev–Trinajstić information content (AvgIpc) is 2.41. The summed E-state index contributed by atoms with van der Waals surface area (Å²) in [5, 5.41) is 3.02. The predicted octanol–water partition coefficient (Wildman–Crippen LogP) is 2.20. The molecule has 0 saturated heterocycles. The largest absolute Gasteiger partial charge is 0.347 e. The van der Waals surface area contributed by atoms with E-state index in [9.17, 15) is 9.18 Å². The van der Waals surface area contributed by atoms with E-state index in [-0.39, 0.29) is 23.6 Å². The number of hydrogen-bond acceptors (Lipinski definition) is 2. The molecule has 1 fully saturated rings. The highest BCUT2D eigenvalue weighted by Gasteiger charge is 2.36. The average molecular weight is 274 g/mol. The molecule has 1 amide bonds. The molecule has 3 nitrogen and oxygen atoms in total. The van der Waals surface area contributed by atoms with E-state index < -0.39 is 5.82 Å². The molecule has 20 heavy (non-hydrogen) atoms. The van der Waals surface area contributed by atoms with E-state index in [4.69, 9.17) is 5.73 Å². The molecule has 0 aliphatic heterocycles. The Labute approximate surface area is 118 Å². The van der Waals surface area contributed by atoms with Crippen molar-refractivity contribution in [2.75, 3.05) is 6.54 Å². The first-order chi connectivity index (χ1) is 9.60. The second kappa shape index (κ2) is 6.06. The van der Waals surface area contributed by atoms with Crippen molar-refractivity contribution in [3.8, 4) is 11.8 Å². The van der Waals surface area contributed by atoms with Crippen molar-refractivity contribution in [2.45, 2.75) is 38.1 Å². The number of rotatable bonds is 3. The number of benzene rings is 1. The van der Waals surface area contributed by atoms with Gasteiger partial charge in [-0.25, -0.2) is 4.39 Å². The first-order valence-electron chi connectivity index (χ1n) is 6.91. The Hall–Kier alpha value is -1.86. The van der Waals surface area contributed by atoms with E-state index in [1.807, 2.05) is 0 Å². The zero-order valence-corrected chi connectivity index (χ0v) is 11.6. The third kappa shape index (κ3) is 3.00. The Morgan fingerprint density at radius 1 is 1.50 bits per heavy atom. The molecule has 0 aromatic heterocycles. The van der Waals surface area contributed by atoms with Gasteiger partial charge in [-0.15, -0.1) is 0 Å². The molecule has 1 aromatic rings. The number of nitrogens with two attached hydrogens (primary N) is 1. The van der Waals surface area contributed by atoms with E-state index in [1.165, 1.54) is 12.1 Å². The minimum absolute atomic E-state index is 0.0917. The lowest BCUT2D eigenvalue weighted by atomic mass is 9.74. The van der Waals surface area contributed by atoms with Gasteiger partial charge in [0.2, 0.25) is 0 Å². The molecule has 0 spiro atoms.